The molecule has 4 saturated heterocycles. The van der Waals surface area contributed by atoms with Crippen molar-refractivity contribution in [3.63, 3.8) is 0 Å². The van der Waals surface area contributed by atoms with Crippen molar-refractivity contribution in [3.8, 4) is 0 Å². The number of hydrogen-bond donors (Lipinski definition) is 1. The predicted octanol–water partition coefficient (Wildman–Crippen LogP) is 6.97. The Morgan fingerprint density at radius 3 is 2.55 bits per heavy atom. The Kier molecular flexibility index (Phi) is 12.7. The number of allylic oxidation sites excluding steroid dienone is 3. The SMILES string of the molecule is CC=C(C=CC(C)N(CCCl)CCCl)CCCC(=O)NCCCC1OC2OC3(C)CCC4C(C)CCC(C1C)C24OO3. The summed E-state index contributed by atoms with van der Waals surface area (Å²) >= 11 is 11.9. The summed E-state index contributed by atoms with van der Waals surface area (Å²) in [5, 5.41) is 3.13. The standard InChI is InChI=1S/C33H54Cl2N2O5/c1-6-26(14-13-24(3)37(21-18-34)22-19-35)9-7-11-30(38)36-20-8-10-29-25(4)28-15-12-23(2)27-16-17-32(5)40-31(39-29)33(27,28)42-41-32/h6,13-14,23-25,27-29,31H,7-12,15-22H2,1-5H3,(H,36,38). The summed E-state index contributed by atoms with van der Waals surface area (Å²) in [5.41, 5.74) is 0.731. The molecule has 0 aromatic carbocycles. The molecule has 4 heterocycles. The van der Waals surface area contributed by atoms with Crippen LogP contribution in [0.1, 0.15) is 92.4 Å². The normalized spacial score (nSPS) is 37.1. The van der Waals surface area contributed by atoms with Gasteiger partial charge in [-0.05, 0) is 83.5 Å². The van der Waals surface area contributed by atoms with Crippen molar-refractivity contribution in [2.45, 2.75) is 122 Å². The van der Waals surface area contributed by atoms with Crippen molar-refractivity contribution in [2.24, 2.45) is 23.7 Å². The molecular weight excluding hydrogens is 575 g/mol. The van der Waals surface area contributed by atoms with Gasteiger partial charge in [0.25, 0.3) is 0 Å². The molecule has 0 aromatic heterocycles. The van der Waals surface area contributed by atoms with Gasteiger partial charge in [0.2, 0.25) is 11.7 Å². The lowest BCUT2D eigenvalue weighted by Gasteiger charge is -2.60. The van der Waals surface area contributed by atoms with Crippen LogP contribution in [0.15, 0.2) is 23.8 Å². The molecule has 4 aliphatic heterocycles. The number of nitrogens with zero attached hydrogens (tertiary/aromatic N) is 1. The number of alkyl halides is 2. The molecule has 240 valence electrons. The molecule has 2 bridgehead atoms. The highest BCUT2D eigenvalue weighted by atomic mass is 35.5. The van der Waals surface area contributed by atoms with Crippen LogP contribution in [0.5, 0.6) is 0 Å². The molecule has 9 unspecified atom stereocenters. The zero-order chi connectivity index (χ0) is 30.3. The first-order valence-electron chi connectivity index (χ1n) is 16.3. The first-order valence-corrected chi connectivity index (χ1v) is 17.4. The van der Waals surface area contributed by atoms with Crippen LogP contribution in [-0.4, -0.2) is 72.0 Å². The van der Waals surface area contributed by atoms with Crippen molar-refractivity contribution in [1.29, 1.82) is 0 Å². The fraction of sp³-hybridized carbons (Fsp3) is 0.848. The number of carbonyl (C=O) groups is 1. The van der Waals surface area contributed by atoms with Gasteiger partial charge in [-0.15, -0.1) is 23.2 Å². The lowest BCUT2D eigenvalue weighted by atomic mass is 9.57. The second kappa shape index (κ2) is 15.6. The highest BCUT2D eigenvalue weighted by molar-refractivity contribution is 6.18. The Hall–Kier alpha value is -0.670. The van der Waals surface area contributed by atoms with E-state index in [1.807, 2.05) is 6.92 Å². The average molecular weight is 630 g/mol. The number of nitrogens with one attached hydrogen (secondary N) is 1. The topological polar surface area (TPSA) is 69.3 Å². The van der Waals surface area contributed by atoms with E-state index in [4.69, 9.17) is 42.5 Å². The van der Waals surface area contributed by atoms with E-state index in [2.05, 4.69) is 56.1 Å². The highest BCUT2D eigenvalue weighted by Gasteiger charge is 2.69. The van der Waals surface area contributed by atoms with Gasteiger partial charge in [0.1, 0.15) is 0 Å². The van der Waals surface area contributed by atoms with Crippen molar-refractivity contribution in [2.75, 3.05) is 31.4 Å². The summed E-state index contributed by atoms with van der Waals surface area (Å²) in [6, 6.07) is 0.262. The van der Waals surface area contributed by atoms with Crippen LogP contribution in [0.3, 0.4) is 0 Å². The van der Waals surface area contributed by atoms with E-state index in [0.717, 1.165) is 58.0 Å². The Morgan fingerprint density at radius 1 is 1.07 bits per heavy atom. The maximum atomic E-state index is 12.6. The zero-order valence-electron chi connectivity index (χ0n) is 26.4. The van der Waals surface area contributed by atoms with E-state index in [-0.39, 0.29) is 18.1 Å². The number of ether oxygens (including phenoxy) is 2. The maximum absolute atomic E-state index is 12.6. The van der Waals surface area contributed by atoms with Gasteiger partial charge in [-0.3, -0.25) is 9.69 Å². The molecule has 9 atom stereocenters. The van der Waals surface area contributed by atoms with Crippen molar-refractivity contribution in [3.05, 3.63) is 23.8 Å². The molecule has 1 aliphatic carbocycles. The predicted molar refractivity (Wildman–Crippen MR) is 168 cm³/mol. The lowest BCUT2D eigenvalue weighted by molar-refractivity contribution is -0.571. The smallest absolute Gasteiger partial charge is 0.220 e. The molecule has 42 heavy (non-hydrogen) atoms. The molecule has 7 nitrogen and oxygen atoms in total. The van der Waals surface area contributed by atoms with Crippen molar-refractivity contribution >= 4 is 29.1 Å². The van der Waals surface area contributed by atoms with E-state index in [9.17, 15) is 4.79 Å². The number of carbonyl (C=O) groups excluding carboxylic acids is 1. The minimum atomic E-state index is -0.744. The Bertz CT molecular complexity index is 943. The molecule has 5 aliphatic rings. The van der Waals surface area contributed by atoms with Gasteiger partial charge in [0.05, 0.1) is 6.10 Å². The monoisotopic (exact) mass is 628 g/mol. The second-order valence-corrected chi connectivity index (χ2v) is 13.9. The molecule has 0 aromatic rings. The fourth-order valence-corrected chi connectivity index (χ4v) is 8.26. The zero-order valence-corrected chi connectivity index (χ0v) is 27.9. The summed E-state index contributed by atoms with van der Waals surface area (Å²) < 4.78 is 13.2. The number of rotatable bonds is 15. The van der Waals surface area contributed by atoms with Gasteiger partial charge in [0.15, 0.2) is 11.9 Å². The Morgan fingerprint density at radius 2 is 1.83 bits per heavy atom. The molecule has 1 spiro atoms. The molecule has 1 saturated carbocycles. The molecule has 9 heteroatoms. The van der Waals surface area contributed by atoms with Crippen LogP contribution in [0.4, 0.5) is 0 Å². The minimum absolute atomic E-state index is 0.0827. The summed E-state index contributed by atoms with van der Waals surface area (Å²) in [7, 11) is 0. The number of hydrogen-bond acceptors (Lipinski definition) is 6. The van der Waals surface area contributed by atoms with Crippen LogP contribution in [-0.2, 0) is 24.0 Å². The minimum Gasteiger partial charge on any atom is -0.356 e. The largest absolute Gasteiger partial charge is 0.356 e. The van der Waals surface area contributed by atoms with Gasteiger partial charge in [-0.2, -0.15) is 0 Å². The van der Waals surface area contributed by atoms with E-state index in [1.165, 1.54) is 12.0 Å². The van der Waals surface area contributed by atoms with Crippen LogP contribution in [0.25, 0.3) is 0 Å². The Labute approximate surface area is 263 Å². The summed E-state index contributed by atoms with van der Waals surface area (Å²) in [6.45, 7) is 13.1. The van der Waals surface area contributed by atoms with Gasteiger partial charge < -0.3 is 14.8 Å². The van der Waals surface area contributed by atoms with Gasteiger partial charge in [0, 0.05) is 56.2 Å². The van der Waals surface area contributed by atoms with E-state index in [0.29, 0.717) is 48.4 Å². The van der Waals surface area contributed by atoms with Crippen LogP contribution in [0.2, 0.25) is 0 Å². The molecule has 1 amide bonds. The summed E-state index contributed by atoms with van der Waals surface area (Å²) in [4.78, 5) is 27.0. The summed E-state index contributed by atoms with van der Waals surface area (Å²) in [5.74, 6) is 2.19. The quantitative estimate of drug-likeness (QED) is 0.0913. The van der Waals surface area contributed by atoms with E-state index >= 15 is 0 Å². The van der Waals surface area contributed by atoms with Gasteiger partial charge in [-0.1, -0.05) is 37.6 Å². The first kappa shape index (κ1) is 34.2. The lowest BCUT2D eigenvalue weighted by Crippen LogP contribution is -2.70. The van der Waals surface area contributed by atoms with Gasteiger partial charge >= 0.3 is 0 Å². The number of amides is 1. The van der Waals surface area contributed by atoms with Crippen LogP contribution >= 0.6 is 23.2 Å². The molecule has 5 fully saturated rings. The fourth-order valence-electron chi connectivity index (χ4n) is 7.83. The third kappa shape index (κ3) is 7.75. The van der Waals surface area contributed by atoms with Crippen molar-refractivity contribution in [1.82, 2.24) is 10.2 Å². The highest BCUT2D eigenvalue weighted by Crippen LogP contribution is 2.60. The number of halogens is 2. The third-order valence-corrected chi connectivity index (χ3v) is 10.8. The van der Waals surface area contributed by atoms with Gasteiger partial charge in [-0.25, -0.2) is 9.78 Å². The third-order valence-electron chi connectivity index (χ3n) is 10.4. The average Bonchev–Trinajstić information content (AvgIpc) is 3.20. The number of fused-ring (bicyclic) bond motifs is 2. The molecule has 1 N–H and O–H groups in total. The van der Waals surface area contributed by atoms with Crippen LogP contribution in [0, 0.1) is 23.7 Å². The van der Waals surface area contributed by atoms with Crippen LogP contribution < -0.4 is 5.32 Å². The maximum Gasteiger partial charge on any atom is 0.220 e. The Balaban J connectivity index is 1.19. The van der Waals surface area contributed by atoms with E-state index in [1.54, 1.807) is 0 Å². The molecular formula is C33H54Cl2N2O5. The summed E-state index contributed by atoms with van der Waals surface area (Å²) in [6.07, 6.45) is 14.4. The first-order chi connectivity index (χ1) is 20.2. The van der Waals surface area contributed by atoms with Crippen molar-refractivity contribution < 1.29 is 24.0 Å². The molecule has 0 radical (unpaired) electrons. The second-order valence-electron chi connectivity index (χ2n) is 13.2. The molecule has 5 rings (SSSR count). The van der Waals surface area contributed by atoms with E-state index < -0.39 is 17.7 Å².